The first-order valence-electron chi connectivity index (χ1n) is 20.0. The third-order valence-electron chi connectivity index (χ3n) is 11.9. The lowest BCUT2D eigenvalue weighted by molar-refractivity contribution is 0.590. The van der Waals surface area contributed by atoms with Crippen molar-refractivity contribution >= 4 is 60.8 Å². The molecule has 1 aliphatic rings. The number of para-hydroxylation sites is 1. The van der Waals surface area contributed by atoms with Gasteiger partial charge < -0.3 is 9.80 Å². The molecular weight excluding hydrogens is 691 g/mol. The molecule has 0 unspecified atom stereocenters. The van der Waals surface area contributed by atoms with Crippen LogP contribution in [0.25, 0.3) is 54.6 Å². The van der Waals surface area contributed by atoms with Gasteiger partial charge in [0, 0.05) is 40.1 Å². The summed E-state index contributed by atoms with van der Waals surface area (Å²) < 4.78 is 0. The second-order valence-electron chi connectivity index (χ2n) is 16.4. The predicted octanol–water partition coefficient (Wildman–Crippen LogP) is 14.6. The Morgan fingerprint density at radius 1 is 0.544 bits per heavy atom. The standard InChI is InChI=1S/C54H43N3/c1-54(2,3)44-23-25-45(26-24-44)57(46-33-42(37-10-5-4-6-11-37)32-43(34-46)38-17-15-36(35-55)16-18-38)51-30-22-41-19-27-47-50(29-21-40-20-28-48(51)53(41)52(40)47)56-31-9-13-39-12-7-8-14-49(39)56/h4-8,10-12,14-30,32-34H,9,13,31H2,1-3H3. The highest BCUT2D eigenvalue weighted by molar-refractivity contribution is 6.28. The van der Waals surface area contributed by atoms with Gasteiger partial charge in [0.1, 0.15) is 0 Å². The minimum absolute atomic E-state index is 0.0267. The lowest BCUT2D eigenvalue weighted by Crippen LogP contribution is -2.24. The summed E-state index contributed by atoms with van der Waals surface area (Å²) in [6.45, 7) is 7.81. The molecule has 0 aromatic heterocycles. The zero-order valence-electron chi connectivity index (χ0n) is 32.6. The smallest absolute Gasteiger partial charge is 0.0991 e. The molecule has 1 aliphatic heterocycles. The number of nitriles is 1. The fraction of sp³-hybridized carbons (Fsp3) is 0.130. The molecule has 3 heteroatoms. The second-order valence-corrected chi connectivity index (χ2v) is 16.4. The van der Waals surface area contributed by atoms with Crippen molar-refractivity contribution < 1.29 is 0 Å². The molecule has 0 spiro atoms. The average Bonchev–Trinajstić information content (AvgIpc) is 3.26. The van der Waals surface area contributed by atoms with E-state index in [1.807, 2.05) is 12.1 Å². The number of anilines is 5. The molecule has 57 heavy (non-hydrogen) atoms. The van der Waals surface area contributed by atoms with Crippen LogP contribution in [0.3, 0.4) is 0 Å². The Bertz CT molecular complexity index is 2970. The lowest BCUT2D eigenvalue weighted by Gasteiger charge is -2.33. The van der Waals surface area contributed by atoms with E-state index in [4.69, 9.17) is 0 Å². The summed E-state index contributed by atoms with van der Waals surface area (Å²) in [5, 5.41) is 17.2. The van der Waals surface area contributed by atoms with E-state index in [0.29, 0.717) is 5.56 Å². The van der Waals surface area contributed by atoms with Crippen molar-refractivity contribution in [3.63, 3.8) is 0 Å². The molecule has 1 heterocycles. The quantitative estimate of drug-likeness (QED) is 0.159. The van der Waals surface area contributed by atoms with Crippen LogP contribution in [0.15, 0.2) is 170 Å². The van der Waals surface area contributed by atoms with E-state index in [0.717, 1.165) is 58.7 Å². The molecule has 0 saturated heterocycles. The van der Waals surface area contributed by atoms with Gasteiger partial charge in [-0.1, -0.05) is 130 Å². The van der Waals surface area contributed by atoms with Gasteiger partial charge >= 0.3 is 0 Å². The van der Waals surface area contributed by atoms with Gasteiger partial charge in [0.25, 0.3) is 0 Å². The molecule has 9 aromatic rings. The van der Waals surface area contributed by atoms with Gasteiger partial charge in [-0.3, -0.25) is 0 Å². The van der Waals surface area contributed by atoms with Crippen LogP contribution in [0.5, 0.6) is 0 Å². The van der Waals surface area contributed by atoms with Crippen LogP contribution in [0.2, 0.25) is 0 Å². The largest absolute Gasteiger partial charge is 0.341 e. The van der Waals surface area contributed by atoms with Crippen LogP contribution >= 0.6 is 0 Å². The van der Waals surface area contributed by atoms with Crippen LogP contribution < -0.4 is 9.80 Å². The highest BCUT2D eigenvalue weighted by Crippen LogP contribution is 2.48. The normalized spacial score (nSPS) is 12.9. The topological polar surface area (TPSA) is 30.3 Å². The van der Waals surface area contributed by atoms with E-state index in [-0.39, 0.29) is 5.41 Å². The Morgan fingerprint density at radius 2 is 1.18 bits per heavy atom. The summed E-state index contributed by atoms with van der Waals surface area (Å²) >= 11 is 0. The summed E-state index contributed by atoms with van der Waals surface area (Å²) in [6.07, 6.45) is 2.26. The Hall–Kier alpha value is -6.89. The maximum Gasteiger partial charge on any atom is 0.0991 e. The highest BCUT2D eigenvalue weighted by Gasteiger charge is 2.24. The zero-order valence-corrected chi connectivity index (χ0v) is 32.6. The van der Waals surface area contributed by atoms with Gasteiger partial charge in [-0.05, 0) is 134 Å². The third-order valence-corrected chi connectivity index (χ3v) is 11.9. The first-order chi connectivity index (χ1) is 27.8. The molecule has 9 aromatic carbocycles. The van der Waals surface area contributed by atoms with Crippen molar-refractivity contribution in [1.29, 1.82) is 5.26 Å². The lowest BCUT2D eigenvalue weighted by atomic mass is 9.87. The molecule has 274 valence electrons. The average molecular weight is 734 g/mol. The first kappa shape index (κ1) is 34.6. The van der Waals surface area contributed by atoms with E-state index in [1.54, 1.807) is 0 Å². The monoisotopic (exact) mass is 733 g/mol. The predicted molar refractivity (Wildman–Crippen MR) is 241 cm³/mol. The van der Waals surface area contributed by atoms with Crippen molar-refractivity contribution in [1.82, 2.24) is 0 Å². The second kappa shape index (κ2) is 13.7. The summed E-state index contributed by atoms with van der Waals surface area (Å²) in [6, 6.07) is 64.3. The molecule has 3 nitrogen and oxygen atoms in total. The number of nitrogens with zero attached hydrogens (tertiary/aromatic N) is 3. The first-order valence-corrected chi connectivity index (χ1v) is 20.0. The molecule has 0 bridgehead atoms. The van der Waals surface area contributed by atoms with Crippen LogP contribution in [0.4, 0.5) is 28.4 Å². The van der Waals surface area contributed by atoms with E-state index < -0.39 is 0 Å². The van der Waals surface area contributed by atoms with Crippen molar-refractivity contribution in [2.45, 2.75) is 39.0 Å². The molecule has 0 N–H and O–H groups in total. The Morgan fingerprint density at radius 3 is 1.89 bits per heavy atom. The third kappa shape index (κ3) is 6.06. The molecule has 0 aliphatic carbocycles. The molecular formula is C54H43N3. The number of rotatable bonds is 6. The van der Waals surface area contributed by atoms with E-state index in [1.165, 1.54) is 54.8 Å². The van der Waals surface area contributed by atoms with Crippen LogP contribution in [-0.4, -0.2) is 6.54 Å². The number of fused-ring (bicyclic) bond motifs is 1. The molecule has 0 amide bonds. The fourth-order valence-electron chi connectivity index (χ4n) is 8.96. The number of benzene rings is 9. The molecule has 0 fully saturated rings. The van der Waals surface area contributed by atoms with Crippen molar-refractivity contribution in [3.05, 3.63) is 187 Å². The minimum atomic E-state index is 0.0267. The Balaban J connectivity index is 1.23. The fourth-order valence-corrected chi connectivity index (χ4v) is 8.96. The number of hydrogen-bond acceptors (Lipinski definition) is 3. The van der Waals surface area contributed by atoms with Crippen LogP contribution in [0, 0.1) is 11.3 Å². The van der Waals surface area contributed by atoms with E-state index in [9.17, 15) is 5.26 Å². The van der Waals surface area contributed by atoms with Crippen LogP contribution in [-0.2, 0) is 11.8 Å². The summed E-state index contributed by atoms with van der Waals surface area (Å²) in [7, 11) is 0. The van der Waals surface area contributed by atoms with Gasteiger partial charge in [0.05, 0.1) is 17.3 Å². The minimum Gasteiger partial charge on any atom is -0.341 e. The van der Waals surface area contributed by atoms with Gasteiger partial charge in [-0.15, -0.1) is 0 Å². The van der Waals surface area contributed by atoms with Gasteiger partial charge in [0.15, 0.2) is 0 Å². The molecule has 0 atom stereocenters. The summed E-state index contributed by atoms with van der Waals surface area (Å²) in [4.78, 5) is 4.98. The number of aryl methyl sites for hydroxylation is 1. The summed E-state index contributed by atoms with van der Waals surface area (Å²) in [5.41, 5.74) is 13.7. The van der Waals surface area contributed by atoms with Crippen molar-refractivity contribution in [2.75, 3.05) is 16.3 Å². The van der Waals surface area contributed by atoms with E-state index >= 15 is 0 Å². The van der Waals surface area contributed by atoms with Gasteiger partial charge in [0.2, 0.25) is 0 Å². The molecule has 0 radical (unpaired) electrons. The SMILES string of the molecule is CC(C)(C)c1ccc(N(c2cc(-c3ccccc3)cc(-c3ccc(C#N)cc3)c2)c2ccc3ccc4c(N5CCCc6ccccc65)ccc5ccc2c3c54)cc1. The maximum absolute atomic E-state index is 9.58. The summed E-state index contributed by atoms with van der Waals surface area (Å²) in [5.74, 6) is 0. The number of hydrogen-bond donors (Lipinski definition) is 0. The van der Waals surface area contributed by atoms with E-state index in [2.05, 4.69) is 194 Å². The van der Waals surface area contributed by atoms with Crippen molar-refractivity contribution in [3.8, 4) is 28.3 Å². The molecule has 10 rings (SSSR count). The zero-order chi connectivity index (χ0) is 38.7. The molecule has 0 saturated carbocycles. The Labute approximate surface area is 335 Å². The van der Waals surface area contributed by atoms with Crippen LogP contribution in [0.1, 0.15) is 43.9 Å². The van der Waals surface area contributed by atoms with Crippen molar-refractivity contribution in [2.24, 2.45) is 0 Å². The maximum atomic E-state index is 9.58. The van der Waals surface area contributed by atoms with Gasteiger partial charge in [-0.25, -0.2) is 0 Å². The highest BCUT2D eigenvalue weighted by atomic mass is 15.1. The Kier molecular flexibility index (Phi) is 8.31. The van der Waals surface area contributed by atoms with Gasteiger partial charge in [-0.2, -0.15) is 5.26 Å².